The Bertz CT molecular complexity index is 906. The molecule has 2 N–H and O–H groups in total. The minimum Gasteiger partial charge on any atom is -0.328 e. The van der Waals surface area contributed by atoms with E-state index in [0.717, 1.165) is 11.4 Å². The number of hydrogen-bond donors (Lipinski definition) is 2. The minimum absolute atomic E-state index is 0.180. The number of nitrogens with zero attached hydrogens (tertiary/aromatic N) is 4. The number of benzene rings is 1. The van der Waals surface area contributed by atoms with Gasteiger partial charge in [0.2, 0.25) is 11.9 Å². The van der Waals surface area contributed by atoms with E-state index in [0.29, 0.717) is 11.6 Å². The number of nitrogens with one attached hydrogen (secondary N) is 2. The topological polar surface area (TPSA) is 84.7 Å². The van der Waals surface area contributed by atoms with E-state index in [4.69, 9.17) is 0 Å². The molecule has 25 heavy (non-hydrogen) atoms. The van der Waals surface area contributed by atoms with Gasteiger partial charge < -0.3 is 10.6 Å². The lowest BCUT2D eigenvalue weighted by Gasteiger charge is -2.33. The fraction of sp³-hybridized carbons (Fsp3) is 0.111. The number of carbonyl (C=O) groups is 1. The van der Waals surface area contributed by atoms with Crippen molar-refractivity contribution in [2.45, 2.75) is 6.04 Å². The molecule has 4 rings (SSSR count). The number of fused-ring (bicyclic) bond motifs is 1. The molecule has 3 aromatic rings. The molecule has 0 saturated heterocycles. The maximum Gasteiger partial charge on any atom is 0.236 e. The summed E-state index contributed by atoms with van der Waals surface area (Å²) in [5.41, 5.74) is 2.01. The molecule has 0 aliphatic carbocycles. The smallest absolute Gasteiger partial charge is 0.236 e. The largest absolute Gasteiger partial charge is 0.328 e. The second-order valence-electron chi connectivity index (χ2n) is 5.71. The van der Waals surface area contributed by atoms with Crippen molar-refractivity contribution in [2.75, 3.05) is 10.6 Å². The van der Waals surface area contributed by atoms with E-state index in [1.165, 1.54) is 6.33 Å². The van der Waals surface area contributed by atoms with Crippen molar-refractivity contribution >= 4 is 17.5 Å². The number of carbonyl (C=O) groups excluding carboxylic acids is 1. The average Bonchev–Trinajstić information content (AvgIpc) is 3.10. The van der Waals surface area contributed by atoms with E-state index in [1.54, 1.807) is 10.9 Å². The number of pyridine rings is 1. The lowest BCUT2D eigenvalue weighted by atomic mass is 9.91. The van der Waals surface area contributed by atoms with Crippen molar-refractivity contribution in [3.63, 3.8) is 0 Å². The average molecular weight is 332 g/mol. The third kappa shape index (κ3) is 2.76. The van der Waals surface area contributed by atoms with E-state index >= 15 is 0 Å². The molecule has 0 radical (unpaired) electrons. The van der Waals surface area contributed by atoms with Crippen molar-refractivity contribution in [1.29, 1.82) is 0 Å². The van der Waals surface area contributed by atoms with Gasteiger partial charge in [-0.25, -0.2) is 4.68 Å². The second kappa shape index (κ2) is 6.20. The lowest BCUT2D eigenvalue weighted by Crippen LogP contribution is -2.39. The number of anilines is 2. The zero-order valence-electron chi connectivity index (χ0n) is 13.3. The summed E-state index contributed by atoms with van der Waals surface area (Å²) < 4.78 is 1.67. The molecule has 0 bridgehead atoms. The Morgan fingerprint density at radius 1 is 1.12 bits per heavy atom. The normalized spacial score (nSPS) is 19.0. The molecule has 124 valence electrons. The fourth-order valence-corrected chi connectivity index (χ4v) is 2.99. The lowest BCUT2D eigenvalue weighted by molar-refractivity contribution is -0.119. The third-order valence-electron chi connectivity index (χ3n) is 4.11. The highest BCUT2D eigenvalue weighted by molar-refractivity contribution is 5.95. The SMILES string of the molecule is C=C1Nc2ncnn2C(c2ccccn2)C1C(=O)Nc1ccccc1. The van der Waals surface area contributed by atoms with Gasteiger partial charge in [-0.1, -0.05) is 30.8 Å². The van der Waals surface area contributed by atoms with Crippen LogP contribution < -0.4 is 10.6 Å². The standard InChI is InChI=1S/C18H16N6O/c1-12-15(17(25)23-13-7-3-2-4-8-13)16(14-9-5-6-10-19-14)24-18(22-12)20-11-21-24/h2-11,15-16H,1H2,(H,23,25)(H,20,21,22). The van der Waals surface area contributed by atoms with E-state index in [1.807, 2.05) is 48.5 Å². The molecule has 7 heteroatoms. The van der Waals surface area contributed by atoms with Crippen LogP contribution in [-0.4, -0.2) is 25.7 Å². The van der Waals surface area contributed by atoms with Crippen LogP contribution in [0.15, 0.2) is 73.3 Å². The predicted octanol–water partition coefficient (Wildman–Crippen LogP) is 2.46. The summed E-state index contributed by atoms with van der Waals surface area (Å²) in [5.74, 6) is -0.214. The van der Waals surface area contributed by atoms with Gasteiger partial charge in [-0.15, -0.1) is 0 Å². The second-order valence-corrected chi connectivity index (χ2v) is 5.71. The summed E-state index contributed by atoms with van der Waals surface area (Å²) in [6.45, 7) is 4.03. The van der Waals surface area contributed by atoms with Crippen molar-refractivity contribution in [3.05, 3.63) is 79.0 Å². The molecule has 1 aliphatic rings. The van der Waals surface area contributed by atoms with Crippen molar-refractivity contribution in [3.8, 4) is 0 Å². The van der Waals surface area contributed by atoms with Crippen LogP contribution in [0, 0.1) is 5.92 Å². The molecule has 3 heterocycles. The first-order valence-electron chi connectivity index (χ1n) is 7.86. The van der Waals surface area contributed by atoms with Crippen LogP contribution in [-0.2, 0) is 4.79 Å². The molecule has 2 aromatic heterocycles. The molecule has 1 aromatic carbocycles. The summed E-state index contributed by atoms with van der Waals surface area (Å²) in [6.07, 6.45) is 3.14. The van der Waals surface area contributed by atoms with Gasteiger partial charge in [-0.3, -0.25) is 9.78 Å². The molecular weight excluding hydrogens is 316 g/mol. The summed E-state index contributed by atoms with van der Waals surface area (Å²) in [7, 11) is 0. The highest BCUT2D eigenvalue weighted by atomic mass is 16.2. The first-order valence-corrected chi connectivity index (χ1v) is 7.86. The molecule has 7 nitrogen and oxygen atoms in total. The van der Waals surface area contributed by atoms with Crippen LogP contribution in [0.25, 0.3) is 0 Å². The van der Waals surface area contributed by atoms with Crippen molar-refractivity contribution < 1.29 is 4.79 Å². The predicted molar refractivity (Wildman–Crippen MR) is 93.7 cm³/mol. The van der Waals surface area contributed by atoms with Gasteiger partial charge >= 0.3 is 0 Å². The number of aromatic nitrogens is 4. The Labute approximate surface area is 144 Å². The Balaban J connectivity index is 1.74. The van der Waals surface area contributed by atoms with Gasteiger partial charge in [0.15, 0.2) is 0 Å². The molecule has 2 atom stereocenters. The third-order valence-corrected chi connectivity index (χ3v) is 4.11. The van der Waals surface area contributed by atoms with Crippen LogP contribution >= 0.6 is 0 Å². The van der Waals surface area contributed by atoms with Crippen LogP contribution in [0.1, 0.15) is 11.7 Å². The van der Waals surface area contributed by atoms with Gasteiger partial charge in [-0.05, 0) is 24.3 Å². The van der Waals surface area contributed by atoms with Gasteiger partial charge in [0.05, 0.1) is 5.69 Å². The van der Waals surface area contributed by atoms with Crippen molar-refractivity contribution in [2.24, 2.45) is 5.92 Å². The first-order chi connectivity index (χ1) is 12.2. The Kier molecular flexibility index (Phi) is 3.74. The molecule has 1 amide bonds. The molecule has 0 spiro atoms. The summed E-state index contributed by atoms with van der Waals surface area (Å²) in [6, 6.07) is 14.5. The summed E-state index contributed by atoms with van der Waals surface area (Å²) in [4.78, 5) is 21.6. The van der Waals surface area contributed by atoms with E-state index in [-0.39, 0.29) is 5.91 Å². The maximum absolute atomic E-state index is 13.0. The quantitative estimate of drug-likeness (QED) is 0.769. The van der Waals surface area contributed by atoms with Gasteiger partial charge in [0.1, 0.15) is 18.3 Å². The fourth-order valence-electron chi connectivity index (χ4n) is 2.99. The Morgan fingerprint density at radius 2 is 1.92 bits per heavy atom. The zero-order chi connectivity index (χ0) is 17.2. The van der Waals surface area contributed by atoms with Crippen LogP contribution in [0.2, 0.25) is 0 Å². The van der Waals surface area contributed by atoms with E-state index < -0.39 is 12.0 Å². The maximum atomic E-state index is 13.0. The van der Waals surface area contributed by atoms with Crippen LogP contribution in [0.4, 0.5) is 11.6 Å². The van der Waals surface area contributed by atoms with Gasteiger partial charge in [-0.2, -0.15) is 10.1 Å². The number of hydrogen-bond acceptors (Lipinski definition) is 5. The summed E-state index contributed by atoms with van der Waals surface area (Å²) >= 11 is 0. The number of para-hydroxylation sites is 1. The van der Waals surface area contributed by atoms with Gasteiger partial charge in [0.25, 0.3) is 0 Å². The summed E-state index contributed by atoms with van der Waals surface area (Å²) in [5, 5.41) is 10.3. The van der Waals surface area contributed by atoms with Crippen LogP contribution in [0.5, 0.6) is 0 Å². The molecule has 2 unspecified atom stereocenters. The minimum atomic E-state index is -0.579. The number of amides is 1. The molecule has 0 fully saturated rings. The monoisotopic (exact) mass is 332 g/mol. The Morgan fingerprint density at radius 3 is 2.68 bits per heavy atom. The molecule has 1 aliphatic heterocycles. The van der Waals surface area contributed by atoms with E-state index in [9.17, 15) is 4.79 Å². The molecular formula is C18H16N6O. The molecule has 0 saturated carbocycles. The van der Waals surface area contributed by atoms with Gasteiger partial charge in [0, 0.05) is 17.6 Å². The zero-order valence-corrected chi connectivity index (χ0v) is 13.3. The number of rotatable bonds is 3. The Hall–Kier alpha value is -3.48. The highest BCUT2D eigenvalue weighted by Crippen LogP contribution is 2.36. The van der Waals surface area contributed by atoms with E-state index in [2.05, 4.69) is 32.3 Å². The van der Waals surface area contributed by atoms with Crippen LogP contribution in [0.3, 0.4) is 0 Å². The first kappa shape index (κ1) is 15.1. The van der Waals surface area contributed by atoms with Crippen molar-refractivity contribution in [1.82, 2.24) is 19.7 Å². The highest BCUT2D eigenvalue weighted by Gasteiger charge is 2.40.